The Bertz CT molecular complexity index is 993. The second-order valence-electron chi connectivity index (χ2n) is 7.71. The summed E-state index contributed by atoms with van der Waals surface area (Å²) in [5, 5.41) is 6.41. The third-order valence-electron chi connectivity index (χ3n) is 4.22. The molecule has 2 heterocycles. The Hall–Kier alpha value is -3.42. The van der Waals surface area contributed by atoms with Crippen LogP contribution in [0.4, 0.5) is 4.39 Å². The lowest BCUT2D eigenvalue weighted by Crippen LogP contribution is -2.36. The summed E-state index contributed by atoms with van der Waals surface area (Å²) in [6.07, 6.45) is 3.42. The van der Waals surface area contributed by atoms with Crippen LogP contribution in [-0.2, 0) is 18.5 Å². The molecule has 0 aliphatic heterocycles. The Balaban J connectivity index is 1.53. The standard InChI is InChI=1S/C22H26FN5O2/c1-22(2,3)18-13-26-20(30-18)14-28-21(24-4)27-12-15-9-10-25-19(11-15)29-17-7-5-16(23)6-8-17/h5-11,13H,12,14H2,1-4H3,(H2,24,27,28). The molecule has 0 aliphatic rings. The third kappa shape index (κ3) is 6.04. The second-order valence-corrected chi connectivity index (χ2v) is 7.71. The van der Waals surface area contributed by atoms with Gasteiger partial charge in [0.15, 0.2) is 5.96 Å². The van der Waals surface area contributed by atoms with E-state index in [2.05, 4.69) is 46.4 Å². The average molecular weight is 411 g/mol. The number of pyridine rings is 1. The number of nitrogens with zero attached hydrogens (tertiary/aromatic N) is 3. The summed E-state index contributed by atoms with van der Waals surface area (Å²) in [5.41, 5.74) is 0.872. The summed E-state index contributed by atoms with van der Waals surface area (Å²) in [5.74, 6) is 2.69. The maximum absolute atomic E-state index is 13.0. The number of benzene rings is 1. The summed E-state index contributed by atoms with van der Waals surface area (Å²) in [4.78, 5) is 12.7. The predicted molar refractivity (Wildman–Crippen MR) is 113 cm³/mol. The molecule has 0 spiro atoms. The van der Waals surface area contributed by atoms with Crippen LogP contribution in [0.1, 0.15) is 38.0 Å². The van der Waals surface area contributed by atoms with Crippen molar-refractivity contribution in [1.29, 1.82) is 0 Å². The van der Waals surface area contributed by atoms with Crippen LogP contribution in [0.25, 0.3) is 0 Å². The second kappa shape index (κ2) is 9.39. The highest BCUT2D eigenvalue weighted by Crippen LogP contribution is 2.22. The maximum Gasteiger partial charge on any atom is 0.219 e. The molecular formula is C22H26FN5O2. The molecule has 0 atom stereocenters. The Morgan fingerprint density at radius 1 is 1.10 bits per heavy atom. The number of ether oxygens (including phenoxy) is 1. The quantitative estimate of drug-likeness (QED) is 0.468. The molecule has 0 bridgehead atoms. The maximum atomic E-state index is 13.0. The first-order valence-corrected chi connectivity index (χ1v) is 9.61. The predicted octanol–water partition coefficient (Wildman–Crippen LogP) is 4.16. The molecule has 2 N–H and O–H groups in total. The van der Waals surface area contributed by atoms with E-state index in [-0.39, 0.29) is 11.2 Å². The number of hydrogen-bond acceptors (Lipinski definition) is 5. The minimum atomic E-state index is -0.313. The highest BCUT2D eigenvalue weighted by atomic mass is 19.1. The number of hydrogen-bond donors (Lipinski definition) is 2. The van der Waals surface area contributed by atoms with Gasteiger partial charge >= 0.3 is 0 Å². The van der Waals surface area contributed by atoms with Gasteiger partial charge in [-0.2, -0.15) is 0 Å². The Morgan fingerprint density at radius 2 is 1.83 bits per heavy atom. The lowest BCUT2D eigenvalue weighted by atomic mass is 9.94. The van der Waals surface area contributed by atoms with Gasteiger partial charge in [-0.05, 0) is 35.9 Å². The largest absolute Gasteiger partial charge is 0.443 e. The lowest BCUT2D eigenvalue weighted by Gasteiger charge is -2.13. The topological polar surface area (TPSA) is 84.6 Å². The van der Waals surface area contributed by atoms with E-state index in [1.165, 1.54) is 12.1 Å². The van der Waals surface area contributed by atoms with Gasteiger partial charge in [0.1, 0.15) is 17.3 Å². The molecule has 0 fully saturated rings. The van der Waals surface area contributed by atoms with Crippen LogP contribution in [0.3, 0.4) is 0 Å². The first-order chi connectivity index (χ1) is 14.3. The molecule has 0 radical (unpaired) electrons. The number of aromatic nitrogens is 2. The van der Waals surface area contributed by atoms with Crippen LogP contribution < -0.4 is 15.4 Å². The normalized spacial score (nSPS) is 12.0. The van der Waals surface area contributed by atoms with Crippen LogP contribution in [0.5, 0.6) is 11.6 Å². The van der Waals surface area contributed by atoms with Gasteiger partial charge in [0.2, 0.25) is 11.8 Å². The molecule has 0 amide bonds. The minimum Gasteiger partial charge on any atom is -0.443 e. The Kier molecular flexibility index (Phi) is 6.66. The van der Waals surface area contributed by atoms with Crippen LogP contribution in [-0.4, -0.2) is 23.0 Å². The number of nitrogens with one attached hydrogen (secondary N) is 2. The molecule has 8 heteroatoms. The summed E-state index contributed by atoms with van der Waals surface area (Å²) in [7, 11) is 1.70. The summed E-state index contributed by atoms with van der Waals surface area (Å²) < 4.78 is 24.5. The first-order valence-electron chi connectivity index (χ1n) is 9.61. The fourth-order valence-corrected chi connectivity index (χ4v) is 2.54. The van der Waals surface area contributed by atoms with E-state index in [4.69, 9.17) is 9.15 Å². The van der Waals surface area contributed by atoms with Crippen LogP contribution in [0.15, 0.2) is 58.2 Å². The Morgan fingerprint density at radius 3 is 2.50 bits per heavy atom. The molecule has 7 nitrogen and oxygen atoms in total. The van der Waals surface area contributed by atoms with E-state index < -0.39 is 0 Å². The zero-order chi connectivity index (χ0) is 21.6. The summed E-state index contributed by atoms with van der Waals surface area (Å²) in [6.45, 7) is 7.17. The van der Waals surface area contributed by atoms with Crippen molar-refractivity contribution in [2.75, 3.05) is 7.05 Å². The summed E-state index contributed by atoms with van der Waals surface area (Å²) >= 11 is 0. The van der Waals surface area contributed by atoms with Crippen LogP contribution in [0, 0.1) is 5.82 Å². The van der Waals surface area contributed by atoms with Crippen molar-refractivity contribution >= 4 is 5.96 Å². The van der Waals surface area contributed by atoms with Crippen molar-refractivity contribution < 1.29 is 13.5 Å². The van der Waals surface area contributed by atoms with E-state index in [0.717, 1.165) is 11.3 Å². The van der Waals surface area contributed by atoms with Gasteiger partial charge in [0.05, 0.1) is 12.7 Å². The highest BCUT2D eigenvalue weighted by Gasteiger charge is 2.19. The van der Waals surface area contributed by atoms with Crippen LogP contribution in [0.2, 0.25) is 0 Å². The third-order valence-corrected chi connectivity index (χ3v) is 4.22. The van der Waals surface area contributed by atoms with E-state index >= 15 is 0 Å². The number of halogens is 1. The molecule has 0 aliphatic carbocycles. The molecule has 2 aromatic heterocycles. The van der Waals surface area contributed by atoms with E-state index in [0.29, 0.717) is 36.6 Å². The lowest BCUT2D eigenvalue weighted by molar-refractivity contribution is 0.379. The van der Waals surface area contributed by atoms with Crippen molar-refractivity contribution in [2.45, 2.75) is 39.3 Å². The number of guanidine groups is 1. The zero-order valence-corrected chi connectivity index (χ0v) is 17.6. The summed E-state index contributed by atoms with van der Waals surface area (Å²) in [6, 6.07) is 9.49. The molecule has 0 saturated carbocycles. The smallest absolute Gasteiger partial charge is 0.219 e. The molecule has 30 heavy (non-hydrogen) atoms. The van der Waals surface area contributed by atoms with Crippen molar-refractivity contribution in [3.05, 3.63) is 71.8 Å². The van der Waals surface area contributed by atoms with Gasteiger partial charge < -0.3 is 19.8 Å². The molecule has 158 valence electrons. The van der Waals surface area contributed by atoms with Crippen molar-refractivity contribution in [3.63, 3.8) is 0 Å². The fourth-order valence-electron chi connectivity index (χ4n) is 2.54. The average Bonchev–Trinajstić information content (AvgIpc) is 3.20. The monoisotopic (exact) mass is 411 g/mol. The first kappa shape index (κ1) is 21.3. The molecule has 3 rings (SSSR count). The van der Waals surface area contributed by atoms with Crippen LogP contribution >= 0.6 is 0 Å². The van der Waals surface area contributed by atoms with Gasteiger partial charge in [0.25, 0.3) is 0 Å². The van der Waals surface area contributed by atoms with Gasteiger partial charge in [-0.1, -0.05) is 20.8 Å². The number of rotatable bonds is 6. The Labute approximate surface area is 175 Å². The van der Waals surface area contributed by atoms with Gasteiger partial charge in [-0.25, -0.2) is 14.4 Å². The molecular weight excluding hydrogens is 385 g/mol. The van der Waals surface area contributed by atoms with Gasteiger partial charge in [0, 0.05) is 31.3 Å². The molecule has 0 unspecified atom stereocenters. The molecule has 0 saturated heterocycles. The van der Waals surface area contributed by atoms with Gasteiger partial charge in [-0.15, -0.1) is 0 Å². The van der Waals surface area contributed by atoms with Crippen molar-refractivity contribution in [1.82, 2.24) is 20.6 Å². The SMILES string of the molecule is CN=C(NCc1ccnc(Oc2ccc(F)cc2)c1)NCc1ncc(C(C)(C)C)o1. The molecule has 3 aromatic rings. The van der Waals surface area contributed by atoms with Gasteiger partial charge in [-0.3, -0.25) is 4.99 Å². The van der Waals surface area contributed by atoms with Crippen molar-refractivity contribution in [3.8, 4) is 11.6 Å². The van der Waals surface area contributed by atoms with E-state index in [9.17, 15) is 4.39 Å². The fraction of sp³-hybridized carbons (Fsp3) is 0.318. The molecule has 1 aromatic carbocycles. The van der Waals surface area contributed by atoms with Crippen molar-refractivity contribution in [2.24, 2.45) is 4.99 Å². The minimum absolute atomic E-state index is 0.0831. The number of oxazole rings is 1. The zero-order valence-electron chi connectivity index (χ0n) is 17.6. The highest BCUT2D eigenvalue weighted by molar-refractivity contribution is 5.79. The van der Waals surface area contributed by atoms with E-state index in [1.54, 1.807) is 31.6 Å². The number of aliphatic imine (C=N–C) groups is 1. The van der Waals surface area contributed by atoms with E-state index in [1.807, 2.05) is 12.1 Å².